The second kappa shape index (κ2) is 4.62. The zero-order chi connectivity index (χ0) is 10.8. The van der Waals surface area contributed by atoms with Crippen LogP contribution in [0.4, 0.5) is 4.39 Å². The van der Waals surface area contributed by atoms with Crippen molar-refractivity contribution >= 4 is 15.9 Å². The third kappa shape index (κ3) is 2.58. The van der Waals surface area contributed by atoms with Gasteiger partial charge in [-0.05, 0) is 50.6 Å². The molecular formula is C12H15BrFN. The van der Waals surface area contributed by atoms with Crippen LogP contribution in [0.2, 0.25) is 0 Å². The Hall–Kier alpha value is -0.410. The Morgan fingerprint density at radius 3 is 2.67 bits per heavy atom. The molecule has 1 heterocycles. The Balaban J connectivity index is 2.19. The largest absolute Gasteiger partial charge is 0.299 e. The summed E-state index contributed by atoms with van der Waals surface area (Å²) in [7, 11) is 0. The molecule has 0 amide bonds. The molecule has 0 N–H and O–H groups in total. The number of halogens is 2. The molecule has 1 aromatic carbocycles. The maximum Gasteiger partial charge on any atom is 0.130 e. The first-order valence-electron chi connectivity index (χ1n) is 5.33. The van der Waals surface area contributed by atoms with Gasteiger partial charge in [-0.25, -0.2) is 4.39 Å². The number of aryl methyl sites for hydroxylation is 1. The molecule has 1 nitrogen and oxygen atoms in total. The molecular weight excluding hydrogens is 257 g/mol. The van der Waals surface area contributed by atoms with Gasteiger partial charge in [-0.2, -0.15) is 0 Å². The zero-order valence-electron chi connectivity index (χ0n) is 8.89. The minimum absolute atomic E-state index is 0.0508. The summed E-state index contributed by atoms with van der Waals surface area (Å²) in [5.74, 6) is -0.0508. The number of likely N-dealkylation sites (tertiary alicyclic amines) is 1. The van der Waals surface area contributed by atoms with Crippen molar-refractivity contribution < 1.29 is 4.39 Å². The van der Waals surface area contributed by atoms with Crippen LogP contribution in [0.3, 0.4) is 0 Å². The van der Waals surface area contributed by atoms with Crippen LogP contribution in [0.5, 0.6) is 0 Å². The molecule has 1 aliphatic rings. The fourth-order valence-electron chi connectivity index (χ4n) is 2.09. The highest BCUT2D eigenvalue weighted by atomic mass is 79.9. The van der Waals surface area contributed by atoms with Gasteiger partial charge in [0.25, 0.3) is 0 Å². The van der Waals surface area contributed by atoms with Gasteiger partial charge in [0.2, 0.25) is 0 Å². The van der Waals surface area contributed by atoms with Crippen LogP contribution >= 0.6 is 15.9 Å². The van der Waals surface area contributed by atoms with Gasteiger partial charge < -0.3 is 0 Å². The Labute approximate surface area is 98.4 Å². The van der Waals surface area contributed by atoms with Gasteiger partial charge in [0.1, 0.15) is 5.82 Å². The van der Waals surface area contributed by atoms with Crippen LogP contribution < -0.4 is 0 Å². The lowest BCUT2D eigenvalue weighted by Gasteiger charge is -2.16. The van der Waals surface area contributed by atoms with E-state index in [2.05, 4.69) is 20.8 Å². The molecule has 1 aromatic rings. The molecule has 0 bridgehead atoms. The van der Waals surface area contributed by atoms with E-state index in [0.29, 0.717) is 0 Å². The topological polar surface area (TPSA) is 3.24 Å². The minimum Gasteiger partial charge on any atom is -0.299 e. The average molecular weight is 272 g/mol. The van der Waals surface area contributed by atoms with Gasteiger partial charge in [0, 0.05) is 16.6 Å². The molecule has 1 fully saturated rings. The molecule has 2 rings (SSSR count). The van der Waals surface area contributed by atoms with Gasteiger partial charge in [-0.3, -0.25) is 4.90 Å². The van der Waals surface area contributed by atoms with E-state index in [1.54, 1.807) is 0 Å². The van der Waals surface area contributed by atoms with Crippen molar-refractivity contribution in [1.29, 1.82) is 0 Å². The third-order valence-electron chi connectivity index (χ3n) is 2.89. The normalized spacial score (nSPS) is 17.3. The highest BCUT2D eigenvalue weighted by molar-refractivity contribution is 9.10. The Bertz CT molecular complexity index is 359. The van der Waals surface area contributed by atoms with E-state index in [4.69, 9.17) is 0 Å². The number of rotatable bonds is 2. The van der Waals surface area contributed by atoms with E-state index in [9.17, 15) is 4.39 Å². The lowest BCUT2D eigenvalue weighted by Crippen LogP contribution is -2.19. The fourth-order valence-corrected chi connectivity index (χ4v) is 2.71. The molecule has 82 valence electrons. The zero-order valence-corrected chi connectivity index (χ0v) is 10.5. The van der Waals surface area contributed by atoms with Crippen molar-refractivity contribution in [2.45, 2.75) is 26.3 Å². The predicted molar refractivity (Wildman–Crippen MR) is 63.3 cm³/mol. The predicted octanol–water partition coefficient (Wildman–Crippen LogP) is 3.49. The van der Waals surface area contributed by atoms with Crippen molar-refractivity contribution in [3.05, 3.63) is 33.5 Å². The number of benzene rings is 1. The van der Waals surface area contributed by atoms with Gasteiger partial charge in [-0.1, -0.05) is 15.9 Å². The quantitative estimate of drug-likeness (QED) is 0.796. The summed E-state index contributed by atoms with van der Waals surface area (Å²) < 4.78 is 14.8. The lowest BCUT2D eigenvalue weighted by atomic mass is 10.1. The molecule has 0 saturated carbocycles. The van der Waals surface area contributed by atoms with E-state index >= 15 is 0 Å². The molecule has 3 heteroatoms. The SMILES string of the molecule is Cc1cc(Br)cc(CN2CCCC2)c1F. The highest BCUT2D eigenvalue weighted by Crippen LogP contribution is 2.22. The van der Waals surface area contributed by atoms with E-state index in [1.807, 2.05) is 19.1 Å². The first kappa shape index (κ1) is 11.1. The molecule has 0 spiro atoms. The van der Waals surface area contributed by atoms with E-state index in [1.165, 1.54) is 12.8 Å². The standard InChI is InChI=1S/C12H15BrFN/c1-9-6-11(13)7-10(12(9)14)8-15-4-2-3-5-15/h6-7H,2-5,8H2,1H3. The average Bonchev–Trinajstić information content (AvgIpc) is 2.66. The molecule has 0 aromatic heterocycles. The lowest BCUT2D eigenvalue weighted by molar-refractivity contribution is 0.325. The second-order valence-corrected chi connectivity index (χ2v) is 5.09. The molecule has 1 saturated heterocycles. The van der Waals surface area contributed by atoms with Gasteiger partial charge in [0.05, 0.1) is 0 Å². The van der Waals surface area contributed by atoms with Crippen molar-refractivity contribution in [2.75, 3.05) is 13.1 Å². The maximum atomic E-state index is 13.8. The molecule has 0 atom stereocenters. The minimum atomic E-state index is -0.0508. The maximum absolute atomic E-state index is 13.8. The van der Waals surface area contributed by atoms with E-state index in [-0.39, 0.29) is 5.82 Å². The molecule has 0 unspecified atom stereocenters. The first-order chi connectivity index (χ1) is 7.16. The number of hydrogen-bond donors (Lipinski definition) is 0. The van der Waals surface area contributed by atoms with E-state index in [0.717, 1.165) is 35.2 Å². The molecule has 1 aliphatic heterocycles. The van der Waals surface area contributed by atoms with Crippen LogP contribution in [-0.2, 0) is 6.54 Å². The summed E-state index contributed by atoms with van der Waals surface area (Å²) in [6.45, 7) is 4.76. The smallest absolute Gasteiger partial charge is 0.130 e. The second-order valence-electron chi connectivity index (χ2n) is 4.18. The Kier molecular flexibility index (Phi) is 3.42. The first-order valence-corrected chi connectivity index (χ1v) is 6.13. The monoisotopic (exact) mass is 271 g/mol. The summed E-state index contributed by atoms with van der Waals surface area (Å²) in [6.07, 6.45) is 2.49. The van der Waals surface area contributed by atoms with Crippen molar-refractivity contribution in [3.8, 4) is 0 Å². The van der Waals surface area contributed by atoms with Crippen LogP contribution in [0, 0.1) is 12.7 Å². The summed E-state index contributed by atoms with van der Waals surface area (Å²) in [5.41, 5.74) is 1.53. The summed E-state index contributed by atoms with van der Waals surface area (Å²) in [6, 6.07) is 3.71. The van der Waals surface area contributed by atoms with Crippen molar-refractivity contribution in [2.24, 2.45) is 0 Å². The number of hydrogen-bond acceptors (Lipinski definition) is 1. The van der Waals surface area contributed by atoms with Crippen molar-refractivity contribution in [1.82, 2.24) is 4.90 Å². The van der Waals surface area contributed by atoms with Crippen LogP contribution in [0.1, 0.15) is 24.0 Å². The van der Waals surface area contributed by atoms with E-state index < -0.39 is 0 Å². The van der Waals surface area contributed by atoms with Gasteiger partial charge >= 0.3 is 0 Å². The Morgan fingerprint density at radius 2 is 2.00 bits per heavy atom. The summed E-state index contributed by atoms with van der Waals surface area (Å²) in [4.78, 5) is 2.31. The Morgan fingerprint density at radius 1 is 1.33 bits per heavy atom. The van der Waals surface area contributed by atoms with Crippen LogP contribution in [-0.4, -0.2) is 18.0 Å². The van der Waals surface area contributed by atoms with Gasteiger partial charge in [0.15, 0.2) is 0 Å². The third-order valence-corrected chi connectivity index (χ3v) is 3.35. The summed E-state index contributed by atoms with van der Waals surface area (Å²) >= 11 is 3.41. The fraction of sp³-hybridized carbons (Fsp3) is 0.500. The van der Waals surface area contributed by atoms with Gasteiger partial charge in [-0.15, -0.1) is 0 Å². The van der Waals surface area contributed by atoms with Crippen molar-refractivity contribution in [3.63, 3.8) is 0 Å². The number of nitrogens with zero attached hydrogens (tertiary/aromatic N) is 1. The summed E-state index contributed by atoms with van der Waals surface area (Å²) in [5, 5.41) is 0. The van der Waals surface area contributed by atoms with Crippen LogP contribution in [0.25, 0.3) is 0 Å². The molecule has 0 aliphatic carbocycles. The highest BCUT2D eigenvalue weighted by Gasteiger charge is 2.15. The molecule has 0 radical (unpaired) electrons. The van der Waals surface area contributed by atoms with Crippen LogP contribution in [0.15, 0.2) is 16.6 Å². The molecule has 15 heavy (non-hydrogen) atoms.